The van der Waals surface area contributed by atoms with Crippen molar-refractivity contribution in [1.29, 1.82) is 0 Å². The van der Waals surface area contributed by atoms with Gasteiger partial charge in [0.15, 0.2) is 0 Å². The first-order chi connectivity index (χ1) is 5.52. The Hall–Kier alpha value is -0.250. The summed E-state index contributed by atoms with van der Waals surface area (Å²) in [4.78, 5) is 0. The molecule has 0 aromatic heterocycles. The average molecular weight is 184 g/mol. The molecular weight excluding hydrogens is 169 g/mol. The van der Waals surface area contributed by atoms with E-state index in [0.717, 1.165) is 6.42 Å². The van der Waals surface area contributed by atoms with Gasteiger partial charge < -0.3 is 5.11 Å². The van der Waals surface area contributed by atoms with Crippen LogP contribution in [-0.4, -0.2) is 17.9 Å². The molecule has 74 valence electrons. The molecule has 0 spiro atoms. The molecule has 0 amide bonds. The highest BCUT2D eigenvalue weighted by Crippen LogP contribution is 2.32. The molecular formula is C8H15F3O. The summed E-state index contributed by atoms with van der Waals surface area (Å²) in [6.07, 6.45) is -2.83. The van der Waals surface area contributed by atoms with Crippen LogP contribution in [0.3, 0.4) is 0 Å². The Bertz CT molecular complexity index is 111. The molecule has 0 rings (SSSR count). The monoisotopic (exact) mass is 184 g/mol. The van der Waals surface area contributed by atoms with Crippen LogP contribution in [0, 0.1) is 5.92 Å². The Morgan fingerprint density at radius 3 is 2.17 bits per heavy atom. The Morgan fingerprint density at radius 1 is 1.25 bits per heavy atom. The van der Waals surface area contributed by atoms with E-state index in [9.17, 15) is 13.2 Å². The van der Waals surface area contributed by atoms with E-state index in [1.807, 2.05) is 6.92 Å². The maximum atomic E-state index is 12.1. The van der Waals surface area contributed by atoms with Gasteiger partial charge in [0.05, 0.1) is 5.92 Å². The number of unbranched alkanes of at least 4 members (excludes halogenated alkanes) is 1. The SMILES string of the molecule is CCCCC(CCO)C(F)(F)F. The van der Waals surface area contributed by atoms with E-state index in [2.05, 4.69) is 0 Å². The number of halogens is 3. The molecule has 0 bridgehead atoms. The molecule has 1 unspecified atom stereocenters. The maximum absolute atomic E-state index is 12.1. The van der Waals surface area contributed by atoms with Crippen molar-refractivity contribution in [2.75, 3.05) is 6.61 Å². The molecule has 0 aliphatic rings. The van der Waals surface area contributed by atoms with Gasteiger partial charge in [-0.05, 0) is 12.8 Å². The van der Waals surface area contributed by atoms with E-state index in [1.54, 1.807) is 0 Å². The van der Waals surface area contributed by atoms with E-state index in [4.69, 9.17) is 5.11 Å². The van der Waals surface area contributed by atoms with Crippen LogP contribution < -0.4 is 0 Å². The highest BCUT2D eigenvalue weighted by atomic mass is 19.4. The summed E-state index contributed by atoms with van der Waals surface area (Å²) in [5.74, 6) is -1.32. The van der Waals surface area contributed by atoms with E-state index in [-0.39, 0.29) is 19.4 Å². The van der Waals surface area contributed by atoms with Gasteiger partial charge in [-0.1, -0.05) is 19.8 Å². The average Bonchev–Trinajstić information content (AvgIpc) is 1.95. The van der Waals surface area contributed by atoms with Crippen molar-refractivity contribution >= 4 is 0 Å². The zero-order valence-corrected chi connectivity index (χ0v) is 7.19. The molecule has 1 N–H and O–H groups in total. The molecule has 0 heterocycles. The van der Waals surface area contributed by atoms with Crippen LogP contribution in [0.5, 0.6) is 0 Å². The minimum absolute atomic E-state index is 0.139. The third kappa shape index (κ3) is 4.59. The number of rotatable bonds is 5. The minimum atomic E-state index is -4.14. The molecule has 0 aliphatic carbocycles. The second-order valence-corrected chi connectivity index (χ2v) is 2.89. The topological polar surface area (TPSA) is 20.2 Å². The quantitative estimate of drug-likeness (QED) is 0.696. The number of hydrogen-bond donors (Lipinski definition) is 1. The lowest BCUT2D eigenvalue weighted by Crippen LogP contribution is -2.23. The zero-order chi connectivity index (χ0) is 9.61. The van der Waals surface area contributed by atoms with Crippen LogP contribution in [0.25, 0.3) is 0 Å². The van der Waals surface area contributed by atoms with Crippen LogP contribution in [0.1, 0.15) is 32.6 Å². The van der Waals surface area contributed by atoms with Crippen molar-refractivity contribution in [2.45, 2.75) is 38.8 Å². The molecule has 0 aliphatic heterocycles. The molecule has 0 aromatic rings. The number of hydrogen-bond acceptors (Lipinski definition) is 1. The molecule has 1 nitrogen and oxygen atoms in total. The van der Waals surface area contributed by atoms with Crippen LogP contribution in [0.15, 0.2) is 0 Å². The zero-order valence-electron chi connectivity index (χ0n) is 7.19. The lowest BCUT2D eigenvalue weighted by atomic mass is 9.98. The minimum Gasteiger partial charge on any atom is -0.396 e. The van der Waals surface area contributed by atoms with Crippen molar-refractivity contribution in [1.82, 2.24) is 0 Å². The Morgan fingerprint density at radius 2 is 1.83 bits per heavy atom. The molecule has 0 saturated heterocycles. The lowest BCUT2D eigenvalue weighted by Gasteiger charge is -2.18. The van der Waals surface area contributed by atoms with Crippen molar-refractivity contribution < 1.29 is 18.3 Å². The second kappa shape index (κ2) is 5.41. The standard InChI is InChI=1S/C8H15F3O/c1-2-3-4-7(5-6-12)8(9,10)11/h7,12H,2-6H2,1H3. The van der Waals surface area contributed by atoms with E-state index >= 15 is 0 Å². The molecule has 12 heavy (non-hydrogen) atoms. The van der Waals surface area contributed by atoms with E-state index < -0.39 is 12.1 Å². The maximum Gasteiger partial charge on any atom is 0.391 e. The van der Waals surface area contributed by atoms with Crippen LogP contribution in [0.2, 0.25) is 0 Å². The van der Waals surface area contributed by atoms with E-state index in [0.29, 0.717) is 6.42 Å². The van der Waals surface area contributed by atoms with Gasteiger partial charge in [0, 0.05) is 6.61 Å². The fourth-order valence-electron chi connectivity index (χ4n) is 1.08. The fourth-order valence-corrected chi connectivity index (χ4v) is 1.08. The number of aliphatic hydroxyl groups is 1. The van der Waals surface area contributed by atoms with Gasteiger partial charge in [-0.15, -0.1) is 0 Å². The first-order valence-electron chi connectivity index (χ1n) is 4.20. The number of aliphatic hydroxyl groups excluding tert-OH is 1. The van der Waals surface area contributed by atoms with Gasteiger partial charge >= 0.3 is 6.18 Å². The molecule has 0 aromatic carbocycles. The van der Waals surface area contributed by atoms with Crippen LogP contribution in [-0.2, 0) is 0 Å². The van der Waals surface area contributed by atoms with Gasteiger partial charge in [0.1, 0.15) is 0 Å². The van der Waals surface area contributed by atoms with Crippen molar-refractivity contribution in [3.05, 3.63) is 0 Å². The first kappa shape index (κ1) is 11.8. The fraction of sp³-hybridized carbons (Fsp3) is 1.00. The van der Waals surface area contributed by atoms with Gasteiger partial charge in [-0.3, -0.25) is 0 Å². The molecule has 0 fully saturated rings. The summed E-state index contributed by atoms with van der Waals surface area (Å²) in [6, 6.07) is 0. The highest BCUT2D eigenvalue weighted by Gasteiger charge is 2.37. The van der Waals surface area contributed by atoms with Crippen LogP contribution >= 0.6 is 0 Å². The van der Waals surface area contributed by atoms with Gasteiger partial charge in [0.25, 0.3) is 0 Å². The summed E-state index contributed by atoms with van der Waals surface area (Å²) < 4.78 is 36.4. The molecule has 4 heteroatoms. The summed E-state index contributed by atoms with van der Waals surface area (Å²) in [7, 11) is 0. The van der Waals surface area contributed by atoms with Gasteiger partial charge in [-0.25, -0.2) is 0 Å². The first-order valence-corrected chi connectivity index (χ1v) is 4.20. The third-order valence-corrected chi connectivity index (χ3v) is 1.85. The third-order valence-electron chi connectivity index (χ3n) is 1.85. The predicted octanol–water partition coefficient (Wildman–Crippen LogP) is 2.74. The lowest BCUT2D eigenvalue weighted by molar-refractivity contribution is -0.180. The summed E-state index contributed by atoms with van der Waals surface area (Å²) in [6.45, 7) is 1.47. The largest absolute Gasteiger partial charge is 0.396 e. The Balaban J connectivity index is 3.86. The Labute approximate surface area is 70.6 Å². The predicted molar refractivity (Wildman–Crippen MR) is 40.8 cm³/mol. The molecule has 0 saturated carbocycles. The number of alkyl halides is 3. The Kier molecular flexibility index (Phi) is 5.29. The van der Waals surface area contributed by atoms with Crippen LogP contribution in [0.4, 0.5) is 13.2 Å². The van der Waals surface area contributed by atoms with E-state index in [1.165, 1.54) is 0 Å². The summed E-state index contributed by atoms with van der Waals surface area (Å²) in [5, 5.41) is 8.40. The van der Waals surface area contributed by atoms with Gasteiger partial charge in [0.2, 0.25) is 0 Å². The van der Waals surface area contributed by atoms with Crippen molar-refractivity contribution in [3.8, 4) is 0 Å². The normalized spacial score (nSPS) is 14.8. The smallest absolute Gasteiger partial charge is 0.391 e. The summed E-state index contributed by atoms with van der Waals surface area (Å²) >= 11 is 0. The molecule has 1 atom stereocenters. The highest BCUT2D eigenvalue weighted by molar-refractivity contribution is 4.66. The summed E-state index contributed by atoms with van der Waals surface area (Å²) in [5.41, 5.74) is 0. The van der Waals surface area contributed by atoms with Crippen molar-refractivity contribution in [2.24, 2.45) is 5.92 Å². The molecule has 0 radical (unpaired) electrons. The second-order valence-electron chi connectivity index (χ2n) is 2.89. The van der Waals surface area contributed by atoms with Crippen molar-refractivity contribution in [3.63, 3.8) is 0 Å². The van der Waals surface area contributed by atoms with Gasteiger partial charge in [-0.2, -0.15) is 13.2 Å².